The van der Waals surface area contributed by atoms with E-state index < -0.39 is 10.0 Å². The summed E-state index contributed by atoms with van der Waals surface area (Å²) >= 11 is 0. The molecule has 0 amide bonds. The lowest BCUT2D eigenvalue weighted by Gasteiger charge is -2.28. The standard InChI is InChI=1S/C25H32N2O4S/c1-18(2)16-27(24-7-5-19(3)13-20(24)4)32(28,29)25-8-6-23(14-22(25)15-26)31-17-21-9-11-30-12-10-21/h5-8,13-14,18,21H,9-12,16-17H2,1-4H3. The molecular weight excluding hydrogens is 424 g/mol. The molecule has 0 bridgehead atoms. The van der Waals surface area contributed by atoms with Crippen LogP contribution in [-0.4, -0.2) is 34.8 Å². The van der Waals surface area contributed by atoms with E-state index in [4.69, 9.17) is 9.47 Å². The van der Waals surface area contributed by atoms with Gasteiger partial charge in [0.1, 0.15) is 16.7 Å². The molecule has 6 nitrogen and oxygen atoms in total. The number of hydrogen-bond acceptors (Lipinski definition) is 5. The van der Waals surface area contributed by atoms with Crippen molar-refractivity contribution in [1.82, 2.24) is 0 Å². The molecule has 2 aromatic rings. The van der Waals surface area contributed by atoms with E-state index in [1.54, 1.807) is 6.07 Å². The van der Waals surface area contributed by atoms with Crippen molar-refractivity contribution < 1.29 is 17.9 Å². The molecule has 1 heterocycles. The summed E-state index contributed by atoms with van der Waals surface area (Å²) in [5.41, 5.74) is 2.67. The van der Waals surface area contributed by atoms with Crippen LogP contribution in [0.2, 0.25) is 0 Å². The van der Waals surface area contributed by atoms with Crippen LogP contribution < -0.4 is 9.04 Å². The number of sulfonamides is 1. The maximum absolute atomic E-state index is 13.7. The molecule has 1 saturated heterocycles. The maximum atomic E-state index is 13.7. The number of nitrogens with zero attached hydrogens (tertiary/aromatic N) is 2. The first kappa shape index (κ1) is 24.1. The molecule has 7 heteroatoms. The predicted molar refractivity (Wildman–Crippen MR) is 125 cm³/mol. The van der Waals surface area contributed by atoms with E-state index in [-0.39, 0.29) is 16.4 Å². The van der Waals surface area contributed by atoms with Crippen LogP contribution in [0.3, 0.4) is 0 Å². The maximum Gasteiger partial charge on any atom is 0.265 e. The smallest absolute Gasteiger partial charge is 0.265 e. The molecule has 1 aliphatic rings. The van der Waals surface area contributed by atoms with Gasteiger partial charge in [0.25, 0.3) is 10.0 Å². The highest BCUT2D eigenvalue weighted by Crippen LogP contribution is 2.31. The Morgan fingerprint density at radius 1 is 1.16 bits per heavy atom. The van der Waals surface area contributed by atoms with Gasteiger partial charge in [0.2, 0.25) is 0 Å². The summed E-state index contributed by atoms with van der Waals surface area (Å²) in [5, 5.41) is 9.74. The quantitative estimate of drug-likeness (QED) is 0.568. The van der Waals surface area contributed by atoms with E-state index in [0.29, 0.717) is 30.5 Å². The van der Waals surface area contributed by atoms with Gasteiger partial charge in [-0.1, -0.05) is 31.5 Å². The minimum Gasteiger partial charge on any atom is -0.493 e. The molecule has 1 aliphatic heterocycles. The molecule has 0 aromatic heterocycles. The summed E-state index contributed by atoms with van der Waals surface area (Å²) in [6, 6.07) is 12.4. The van der Waals surface area contributed by atoms with Gasteiger partial charge in [0.05, 0.1) is 17.9 Å². The second-order valence-electron chi connectivity index (χ2n) is 8.86. The number of hydrogen-bond donors (Lipinski definition) is 0. The van der Waals surface area contributed by atoms with Crippen molar-refractivity contribution in [1.29, 1.82) is 5.26 Å². The minimum atomic E-state index is -3.94. The van der Waals surface area contributed by atoms with E-state index in [1.165, 1.54) is 16.4 Å². The van der Waals surface area contributed by atoms with Crippen LogP contribution >= 0.6 is 0 Å². The van der Waals surface area contributed by atoms with Crippen LogP contribution in [0.4, 0.5) is 5.69 Å². The highest BCUT2D eigenvalue weighted by Gasteiger charge is 2.29. The summed E-state index contributed by atoms with van der Waals surface area (Å²) < 4.78 is 40.1. The molecule has 0 aliphatic carbocycles. The summed E-state index contributed by atoms with van der Waals surface area (Å²) in [5.74, 6) is 1.02. The van der Waals surface area contributed by atoms with E-state index >= 15 is 0 Å². The number of ether oxygens (including phenoxy) is 2. The SMILES string of the molecule is Cc1ccc(N(CC(C)C)S(=O)(=O)c2ccc(OCC3CCOCC3)cc2C#N)c(C)c1. The number of aryl methyl sites for hydroxylation is 2. The zero-order valence-electron chi connectivity index (χ0n) is 19.3. The fraction of sp³-hybridized carbons (Fsp3) is 0.480. The average Bonchev–Trinajstić information content (AvgIpc) is 2.76. The Morgan fingerprint density at radius 2 is 1.88 bits per heavy atom. The van der Waals surface area contributed by atoms with Crippen molar-refractivity contribution in [3.63, 3.8) is 0 Å². The van der Waals surface area contributed by atoms with Crippen LogP contribution in [-0.2, 0) is 14.8 Å². The fourth-order valence-corrected chi connectivity index (χ4v) is 5.72. The molecule has 0 N–H and O–H groups in total. The Balaban J connectivity index is 1.92. The van der Waals surface area contributed by atoms with E-state index in [1.807, 2.05) is 45.9 Å². The molecule has 3 rings (SSSR count). The zero-order chi connectivity index (χ0) is 23.3. The fourth-order valence-electron chi connectivity index (χ4n) is 3.90. The number of nitriles is 1. The topological polar surface area (TPSA) is 79.6 Å². The van der Waals surface area contributed by atoms with Crippen LogP contribution in [0.1, 0.15) is 43.4 Å². The molecule has 0 spiro atoms. The van der Waals surface area contributed by atoms with Gasteiger partial charge in [-0.05, 0) is 68.4 Å². The van der Waals surface area contributed by atoms with Crippen molar-refractivity contribution >= 4 is 15.7 Å². The van der Waals surface area contributed by atoms with Gasteiger partial charge < -0.3 is 9.47 Å². The number of anilines is 1. The molecular formula is C25H32N2O4S. The van der Waals surface area contributed by atoms with Crippen molar-refractivity contribution in [2.75, 3.05) is 30.7 Å². The molecule has 172 valence electrons. The van der Waals surface area contributed by atoms with E-state index in [9.17, 15) is 13.7 Å². The Hall–Kier alpha value is -2.56. The average molecular weight is 457 g/mol. The van der Waals surface area contributed by atoms with Gasteiger partial charge in [-0.3, -0.25) is 4.31 Å². The van der Waals surface area contributed by atoms with Crippen molar-refractivity contribution in [3.05, 3.63) is 53.1 Å². The largest absolute Gasteiger partial charge is 0.493 e. The summed E-state index contributed by atoms with van der Waals surface area (Å²) in [4.78, 5) is -0.000888. The summed E-state index contributed by atoms with van der Waals surface area (Å²) in [7, 11) is -3.94. The molecule has 0 radical (unpaired) electrons. The highest BCUT2D eigenvalue weighted by molar-refractivity contribution is 7.92. The minimum absolute atomic E-state index is 0.000888. The monoisotopic (exact) mass is 456 g/mol. The molecule has 0 atom stereocenters. The highest BCUT2D eigenvalue weighted by atomic mass is 32.2. The van der Waals surface area contributed by atoms with Gasteiger partial charge in [-0.25, -0.2) is 8.42 Å². The lowest BCUT2D eigenvalue weighted by Crippen LogP contribution is -2.35. The van der Waals surface area contributed by atoms with Crippen LogP contribution in [0, 0.1) is 37.0 Å². The van der Waals surface area contributed by atoms with Gasteiger partial charge in [-0.2, -0.15) is 5.26 Å². The summed E-state index contributed by atoms with van der Waals surface area (Å²) in [6.07, 6.45) is 1.88. The van der Waals surface area contributed by atoms with Gasteiger partial charge in [0.15, 0.2) is 0 Å². The molecule has 32 heavy (non-hydrogen) atoms. The van der Waals surface area contributed by atoms with E-state index in [2.05, 4.69) is 6.07 Å². The van der Waals surface area contributed by atoms with Gasteiger partial charge in [0, 0.05) is 19.8 Å². The van der Waals surface area contributed by atoms with Gasteiger partial charge in [-0.15, -0.1) is 0 Å². The second kappa shape index (κ2) is 10.4. The molecule has 0 unspecified atom stereocenters. The first-order valence-corrected chi connectivity index (χ1v) is 12.5. The lowest BCUT2D eigenvalue weighted by atomic mass is 10.0. The number of benzene rings is 2. The molecule has 1 fully saturated rings. The first-order chi connectivity index (χ1) is 15.2. The third-order valence-corrected chi connectivity index (χ3v) is 7.46. The van der Waals surface area contributed by atoms with Gasteiger partial charge >= 0.3 is 0 Å². The second-order valence-corrected chi connectivity index (χ2v) is 10.7. The van der Waals surface area contributed by atoms with Crippen LogP contribution in [0.25, 0.3) is 0 Å². The Morgan fingerprint density at radius 3 is 2.50 bits per heavy atom. The first-order valence-electron chi connectivity index (χ1n) is 11.1. The van der Waals surface area contributed by atoms with Crippen LogP contribution in [0.5, 0.6) is 5.75 Å². The Labute approximate surface area is 191 Å². The third-order valence-electron chi connectivity index (χ3n) is 5.62. The molecule has 0 saturated carbocycles. The van der Waals surface area contributed by atoms with Crippen molar-refractivity contribution in [2.24, 2.45) is 11.8 Å². The lowest BCUT2D eigenvalue weighted by molar-refractivity contribution is 0.0497. The van der Waals surface area contributed by atoms with E-state index in [0.717, 1.165) is 37.2 Å². The Bertz CT molecular complexity index is 1080. The summed E-state index contributed by atoms with van der Waals surface area (Å²) in [6.45, 7) is 10.2. The normalized spacial score (nSPS) is 14.9. The van der Waals surface area contributed by atoms with Crippen molar-refractivity contribution in [3.8, 4) is 11.8 Å². The Kier molecular flexibility index (Phi) is 7.81. The van der Waals surface area contributed by atoms with Crippen LogP contribution in [0.15, 0.2) is 41.3 Å². The van der Waals surface area contributed by atoms with Crippen molar-refractivity contribution in [2.45, 2.75) is 45.4 Å². The zero-order valence-corrected chi connectivity index (χ0v) is 20.1. The molecule has 2 aromatic carbocycles. The number of rotatable bonds is 8. The predicted octanol–water partition coefficient (Wildman–Crippen LogP) is 4.83. The third kappa shape index (κ3) is 5.62.